The molecule has 3 aromatic rings. The van der Waals surface area contributed by atoms with Crippen LogP contribution in [0.1, 0.15) is 34.9 Å². The summed E-state index contributed by atoms with van der Waals surface area (Å²) < 4.78 is 16.4. The number of amides is 1. The minimum atomic E-state index is -0.971. The monoisotopic (exact) mass is 440 g/mol. The summed E-state index contributed by atoms with van der Waals surface area (Å²) in [6.07, 6.45) is -0.971. The molecule has 1 aromatic heterocycles. The van der Waals surface area contributed by atoms with Gasteiger partial charge in [0.1, 0.15) is 18.1 Å². The maximum absolute atomic E-state index is 12.5. The minimum Gasteiger partial charge on any atom is -0.494 e. The lowest BCUT2D eigenvalue weighted by molar-refractivity contribution is -0.123. The highest BCUT2D eigenvalue weighted by molar-refractivity contribution is 7.09. The lowest BCUT2D eigenvalue weighted by atomic mass is 10.2. The normalized spacial score (nSPS) is 11.5. The van der Waals surface area contributed by atoms with Crippen molar-refractivity contribution in [3.05, 3.63) is 70.2 Å². The van der Waals surface area contributed by atoms with Crippen LogP contribution in [0, 0.1) is 6.92 Å². The molecule has 7 nitrogen and oxygen atoms in total. The Morgan fingerprint density at radius 3 is 2.55 bits per heavy atom. The third-order valence-corrected chi connectivity index (χ3v) is 5.03. The number of carbonyl (C=O) groups excluding carboxylic acids is 2. The van der Waals surface area contributed by atoms with E-state index in [0.29, 0.717) is 36.0 Å². The summed E-state index contributed by atoms with van der Waals surface area (Å²) in [7, 11) is 0. The Bertz CT molecular complexity index is 1030. The molecule has 2 aromatic carbocycles. The fourth-order valence-electron chi connectivity index (χ4n) is 2.67. The summed E-state index contributed by atoms with van der Waals surface area (Å²) in [5.74, 6) is 0.201. The molecule has 0 fully saturated rings. The number of aromatic nitrogens is 1. The lowest BCUT2D eigenvalue weighted by Crippen LogP contribution is -2.30. The molecule has 0 spiro atoms. The van der Waals surface area contributed by atoms with Gasteiger partial charge < -0.3 is 19.5 Å². The maximum atomic E-state index is 12.5. The van der Waals surface area contributed by atoms with Crippen LogP contribution in [0.15, 0.2) is 53.9 Å². The predicted molar refractivity (Wildman–Crippen MR) is 119 cm³/mol. The number of hydrogen-bond acceptors (Lipinski definition) is 7. The summed E-state index contributed by atoms with van der Waals surface area (Å²) in [5, 5.41) is 5.61. The lowest BCUT2D eigenvalue weighted by Gasteiger charge is -2.14. The van der Waals surface area contributed by atoms with Crippen LogP contribution in [0.3, 0.4) is 0 Å². The van der Waals surface area contributed by atoms with Crippen LogP contribution in [0.25, 0.3) is 0 Å². The molecule has 0 saturated carbocycles. The summed E-state index contributed by atoms with van der Waals surface area (Å²) in [4.78, 5) is 29.2. The Morgan fingerprint density at radius 1 is 1.10 bits per heavy atom. The van der Waals surface area contributed by atoms with E-state index in [1.165, 1.54) is 6.92 Å². The van der Waals surface area contributed by atoms with E-state index in [9.17, 15) is 9.59 Å². The molecule has 1 amide bonds. The van der Waals surface area contributed by atoms with E-state index < -0.39 is 18.0 Å². The Hall–Kier alpha value is -3.39. The van der Waals surface area contributed by atoms with Crippen LogP contribution in [0.4, 0.5) is 5.69 Å². The van der Waals surface area contributed by atoms with Crippen molar-refractivity contribution in [3.8, 4) is 11.5 Å². The van der Waals surface area contributed by atoms with Crippen LogP contribution in [0.5, 0.6) is 11.5 Å². The molecule has 0 aliphatic heterocycles. The number of aryl methyl sites for hydroxylation is 1. The van der Waals surface area contributed by atoms with Crippen molar-refractivity contribution >= 4 is 28.9 Å². The van der Waals surface area contributed by atoms with E-state index in [1.807, 2.05) is 19.2 Å². The number of hydrogen-bond donors (Lipinski definition) is 1. The number of ether oxygens (including phenoxy) is 3. The molecule has 1 heterocycles. The topological polar surface area (TPSA) is 86.8 Å². The molecule has 0 saturated heterocycles. The van der Waals surface area contributed by atoms with Gasteiger partial charge in [-0.25, -0.2) is 9.78 Å². The largest absolute Gasteiger partial charge is 0.494 e. The van der Waals surface area contributed by atoms with Crippen LogP contribution < -0.4 is 14.8 Å². The van der Waals surface area contributed by atoms with E-state index >= 15 is 0 Å². The van der Waals surface area contributed by atoms with Crippen molar-refractivity contribution in [3.63, 3.8) is 0 Å². The van der Waals surface area contributed by atoms with Gasteiger partial charge in [-0.1, -0.05) is 6.07 Å². The SMILES string of the molecule is CCOc1ccc(NC(=O)C(C)OC(=O)c2cccc(OCc3csc(C)n3)c2)cc1. The van der Waals surface area contributed by atoms with Gasteiger partial charge >= 0.3 is 5.97 Å². The van der Waals surface area contributed by atoms with E-state index in [2.05, 4.69) is 10.3 Å². The average molecular weight is 441 g/mol. The molecule has 3 rings (SSSR count). The Kier molecular flexibility index (Phi) is 7.61. The summed E-state index contributed by atoms with van der Waals surface area (Å²) in [6, 6.07) is 13.6. The fraction of sp³-hybridized carbons (Fsp3) is 0.261. The second-order valence-corrected chi connectivity index (χ2v) is 7.73. The van der Waals surface area contributed by atoms with Crippen molar-refractivity contribution in [2.75, 3.05) is 11.9 Å². The molecule has 8 heteroatoms. The van der Waals surface area contributed by atoms with Gasteiger partial charge in [-0.2, -0.15) is 0 Å². The second kappa shape index (κ2) is 10.6. The van der Waals surface area contributed by atoms with Gasteiger partial charge in [0.25, 0.3) is 5.91 Å². The van der Waals surface area contributed by atoms with E-state index in [4.69, 9.17) is 14.2 Å². The molecule has 0 bridgehead atoms. The fourth-order valence-corrected chi connectivity index (χ4v) is 3.27. The zero-order chi connectivity index (χ0) is 22.2. The molecule has 162 valence electrons. The summed E-state index contributed by atoms with van der Waals surface area (Å²) >= 11 is 1.55. The zero-order valence-electron chi connectivity index (χ0n) is 17.6. The molecular weight excluding hydrogens is 416 g/mol. The third kappa shape index (κ3) is 6.55. The third-order valence-electron chi connectivity index (χ3n) is 4.21. The van der Waals surface area contributed by atoms with Crippen molar-refractivity contribution in [2.24, 2.45) is 0 Å². The molecule has 0 aliphatic rings. The Balaban J connectivity index is 1.54. The first kappa shape index (κ1) is 22.3. The van der Waals surface area contributed by atoms with Gasteiger partial charge in [-0.05, 0) is 63.2 Å². The number of esters is 1. The highest BCUT2D eigenvalue weighted by Crippen LogP contribution is 2.19. The highest BCUT2D eigenvalue weighted by atomic mass is 32.1. The average Bonchev–Trinajstić information content (AvgIpc) is 3.19. The smallest absolute Gasteiger partial charge is 0.339 e. The van der Waals surface area contributed by atoms with E-state index in [-0.39, 0.29) is 0 Å². The first-order valence-electron chi connectivity index (χ1n) is 9.83. The molecule has 1 unspecified atom stereocenters. The van der Waals surface area contributed by atoms with Crippen LogP contribution in [-0.2, 0) is 16.1 Å². The van der Waals surface area contributed by atoms with Crippen molar-refractivity contribution in [1.29, 1.82) is 0 Å². The minimum absolute atomic E-state index is 0.299. The quantitative estimate of drug-likeness (QED) is 0.489. The van der Waals surface area contributed by atoms with Gasteiger partial charge in [-0.15, -0.1) is 11.3 Å². The molecule has 0 aliphatic carbocycles. The maximum Gasteiger partial charge on any atom is 0.339 e. The van der Waals surface area contributed by atoms with Gasteiger partial charge in [0, 0.05) is 11.1 Å². The first-order valence-corrected chi connectivity index (χ1v) is 10.7. The van der Waals surface area contributed by atoms with Gasteiger partial charge in [0.05, 0.1) is 22.9 Å². The summed E-state index contributed by atoms with van der Waals surface area (Å²) in [5.41, 5.74) is 1.71. The van der Waals surface area contributed by atoms with Crippen molar-refractivity contribution in [1.82, 2.24) is 4.98 Å². The van der Waals surface area contributed by atoms with E-state index in [0.717, 1.165) is 10.7 Å². The molecule has 31 heavy (non-hydrogen) atoms. The van der Waals surface area contributed by atoms with Crippen molar-refractivity contribution < 1.29 is 23.8 Å². The Labute approximate surface area is 185 Å². The van der Waals surface area contributed by atoms with Gasteiger partial charge in [0.2, 0.25) is 0 Å². The highest BCUT2D eigenvalue weighted by Gasteiger charge is 2.19. The van der Waals surface area contributed by atoms with E-state index in [1.54, 1.807) is 59.9 Å². The van der Waals surface area contributed by atoms with Gasteiger partial charge in [-0.3, -0.25) is 4.79 Å². The number of anilines is 1. The van der Waals surface area contributed by atoms with Crippen LogP contribution in [-0.4, -0.2) is 29.6 Å². The number of benzene rings is 2. The second-order valence-electron chi connectivity index (χ2n) is 6.67. The van der Waals surface area contributed by atoms with Crippen LogP contribution in [0.2, 0.25) is 0 Å². The van der Waals surface area contributed by atoms with Crippen LogP contribution >= 0.6 is 11.3 Å². The number of nitrogens with zero attached hydrogens (tertiary/aromatic N) is 1. The first-order chi connectivity index (χ1) is 14.9. The standard InChI is InChI=1S/C23H24N2O5S/c1-4-28-20-10-8-18(9-11-20)25-22(26)15(2)30-23(27)17-6-5-7-21(12-17)29-13-19-14-31-16(3)24-19/h5-12,14-15H,4,13H2,1-3H3,(H,25,26). The van der Waals surface area contributed by atoms with Gasteiger partial charge in [0.15, 0.2) is 6.10 Å². The number of thiazole rings is 1. The zero-order valence-corrected chi connectivity index (χ0v) is 18.4. The molecule has 0 radical (unpaired) electrons. The molecular formula is C23H24N2O5S. The number of carbonyl (C=O) groups is 2. The van der Waals surface area contributed by atoms with Crippen molar-refractivity contribution in [2.45, 2.75) is 33.5 Å². The Morgan fingerprint density at radius 2 is 1.87 bits per heavy atom. The summed E-state index contributed by atoms with van der Waals surface area (Å²) in [6.45, 7) is 6.22. The molecule has 1 N–H and O–H groups in total. The predicted octanol–water partition coefficient (Wildman–Crippen LogP) is 4.61. The number of nitrogens with one attached hydrogen (secondary N) is 1. The number of rotatable bonds is 9. The molecule has 1 atom stereocenters.